The zero-order valence-electron chi connectivity index (χ0n) is 18.7. The highest BCUT2D eigenvalue weighted by atomic mass is 127. The van der Waals surface area contributed by atoms with Crippen LogP contribution in [0.5, 0.6) is 0 Å². The van der Waals surface area contributed by atoms with Crippen LogP contribution in [0.1, 0.15) is 42.3 Å². The zero-order valence-corrected chi connectivity index (χ0v) is 21.0. The molecule has 5 nitrogen and oxygen atoms in total. The maximum atomic E-state index is 4.80. The number of hydrogen-bond donors (Lipinski definition) is 2. The van der Waals surface area contributed by atoms with Gasteiger partial charge in [0, 0.05) is 50.9 Å². The molecule has 0 radical (unpaired) electrons. The number of nitrogens with zero attached hydrogens (tertiary/aromatic N) is 3. The number of aryl methyl sites for hydroxylation is 1. The maximum absolute atomic E-state index is 4.80. The first-order chi connectivity index (χ1) is 14.7. The Hall–Kier alpha value is -2.35. The van der Waals surface area contributed by atoms with Crippen molar-refractivity contribution < 1.29 is 0 Å². The standard InChI is InChI=1S/C25H33N5.HI/c1-4-26-25(29-18-21(3)23-12-8-9-20(2)17-23)28-14-13-24-27-15-16-30(24)19-22-10-6-5-7-11-22;/h5-12,15-17,21H,4,13-14,18-19H2,1-3H3,(H2,26,28,29);1H. The van der Waals surface area contributed by atoms with Crippen LogP contribution in [-0.4, -0.2) is 35.1 Å². The number of hydrogen-bond acceptors (Lipinski definition) is 2. The summed E-state index contributed by atoms with van der Waals surface area (Å²) < 4.78 is 2.21. The van der Waals surface area contributed by atoms with Crippen molar-refractivity contribution >= 4 is 29.9 Å². The second kappa shape index (κ2) is 13.1. The second-order valence-corrected chi connectivity index (χ2v) is 7.67. The molecule has 6 heteroatoms. The van der Waals surface area contributed by atoms with Crippen LogP contribution in [0.15, 0.2) is 72.0 Å². The zero-order chi connectivity index (χ0) is 21.2. The average Bonchev–Trinajstić information content (AvgIpc) is 3.19. The van der Waals surface area contributed by atoms with Crippen LogP contribution in [0.2, 0.25) is 0 Å². The number of rotatable bonds is 9. The highest BCUT2D eigenvalue weighted by Gasteiger charge is 2.07. The number of benzene rings is 2. The molecule has 1 atom stereocenters. The first-order valence-electron chi connectivity index (χ1n) is 10.8. The molecule has 2 N–H and O–H groups in total. The van der Waals surface area contributed by atoms with E-state index in [1.165, 1.54) is 16.7 Å². The Morgan fingerprint density at radius 1 is 1.10 bits per heavy atom. The van der Waals surface area contributed by atoms with Gasteiger partial charge in [0.05, 0.1) is 0 Å². The summed E-state index contributed by atoms with van der Waals surface area (Å²) in [7, 11) is 0. The molecule has 0 aliphatic rings. The molecule has 166 valence electrons. The number of aliphatic imine (C=N–C) groups is 1. The van der Waals surface area contributed by atoms with E-state index in [1.54, 1.807) is 0 Å². The van der Waals surface area contributed by atoms with Gasteiger partial charge in [0.1, 0.15) is 5.82 Å². The molecule has 0 aliphatic heterocycles. The Labute approximate surface area is 203 Å². The molecule has 3 rings (SSSR count). The number of halogens is 1. The molecule has 0 fully saturated rings. The fourth-order valence-electron chi connectivity index (χ4n) is 3.44. The fourth-order valence-corrected chi connectivity index (χ4v) is 3.44. The summed E-state index contributed by atoms with van der Waals surface area (Å²) in [6.07, 6.45) is 4.77. The number of imidazole rings is 1. The highest BCUT2D eigenvalue weighted by molar-refractivity contribution is 14.0. The maximum Gasteiger partial charge on any atom is 0.191 e. The third kappa shape index (κ3) is 8.01. The van der Waals surface area contributed by atoms with Crippen LogP contribution < -0.4 is 10.6 Å². The molecule has 31 heavy (non-hydrogen) atoms. The van der Waals surface area contributed by atoms with Crippen LogP contribution in [0.3, 0.4) is 0 Å². The molecule has 0 saturated carbocycles. The number of aromatic nitrogens is 2. The van der Waals surface area contributed by atoms with Crippen molar-refractivity contribution in [3.63, 3.8) is 0 Å². The van der Waals surface area contributed by atoms with Crippen LogP contribution in [-0.2, 0) is 13.0 Å². The van der Waals surface area contributed by atoms with Crippen molar-refractivity contribution in [1.29, 1.82) is 0 Å². The van der Waals surface area contributed by atoms with Gasteiger partial charge in [0.25, 0.3) is 0 Å². The van der Waals surface area contributed by atoms with E-state index < -0.39 is 0 Å². The van der Waals surface area contributed by atoms with E-state index in [0.29, 0.717) is 5.92 Å². The summed E-state index contributed by atoms with van der Waals surface area (Å²) in [4.78, 5) is 9.34. The van der Waals surface area contributed by atoms with Crippen molar-refractivity contribution in [3.05, 3.63) is 89.5 Å². The summed E-state index contributed by atoms with van der Waals surface area (Å²) in [5, 5.41) is 6.80. The third-order valence-electron chi connectivity index (χ3n) is 5.12. The van der Waals surface area contributed by atoms with Crippen LogP contribution in [0.4, 0.5) is 0 Å². The van der Waals surface area contributed by atoms with Gasteiger partial charge >= 0.3 is 0 Å². The van der Waals surface area contributed by atoms with Gasteiger partial charge in [-0.25, -0.2) is 4.98 Å². The quantitative estimate of drug-likeness (QED) is 0.238. The lowest BCUT2D eigenvalue weighted by Crippen LogP contribution is -2.38. The minimum Gasteiger partial charge on any atom is -0.357 e. The van der Waals surface area contributed by atoms with Crippen LogP contribution >= 0.6 is 24.0 Å². The second-order valence-electron chi connectivity index (χ2n) is 7.67. The number of nitrogens with one attached hydrogen (secondary N) is 2. The Bertz CT molecular complexity index is 936. The molecule has 0 aliphatic carbocycles. The van der Waals surface area contributed by atoms with Crippen molar-refractivity contribution in [2.75, 3.05) is 19.6 Å². The summed E-state index contributed by atoms with van der Waals surface area (Å²) in [5.74, 6) is 2.32. The van der Waals surface area contributed by atoms with Gasteiger partial charge < -0.3 is 15.2 Å². The van der Waals surface area contributed by atoms with Gasteiger partial charge in [-0.05, 0) is 25.0 Å². The number of guanidine groups is 1. The smallest absolute Gasteiger partial charge is 0.191 e. The third-order valence-corrected chi connectivity index (χ3v) is 5.12. The Morgan fingerprint density at radius 2 is 1.90 bits per heavy atom. The molecule has 2 aromatic carbocycles. The monoisotopic (exact) mass is 531 g/mol. The molecule has 3 aromatic rings. The topological polar surface area (TPSA) is 54.2 Å². The van der Waals surface area contributed by atoms with Crippen LogP contribution in [0, 0.1) is 6.92 Å². The molecule has 0 saturated heterocycles. The lowest BCUT2D eigenvalue weighted by molar-refractivity contribution is 0.691. The fraction of sp³-hybridized carbons (Fsp3) is 0.360. The van der Waals surface area contributed by atoms with Gasteiger partial charge in [0.15, 0.2) is 5.96 Å². The molecular formula is C25H34IN5. The highest BCUT2D eigenvalue weighted by Crippen LogP contribution is 2.16. The predicted octanol–water partition coefficient (Wildman–Crippen LogP) is 4.76. The van der Waals surface area contributed by atoms with E-state index in [1.807, 2.05) is 18.5 Å². The molecule has 0 spiro atoms. The summed E-state index contributed by atoms with van der Waals surface area (Å²) >= 11 is 0. The summed E-state index contributed by atoms with van der Waals surface area (Å²) in [5.41, 5.74) is 3.90. The SMILES string of the molecule is CCNC(=NCC(C)c1cccc(C)c1)NCCc1nccn1Cc1ccccc1.I. The van der Waals surface area contributed by atoms with Gasteiger partial charge in [-0.1, -0.05) is 67.1 Å². The first-order valence-corrected chi connectivity index (χ1v) is 10.8. The van der Waals surface area contributed by atoms with E-state index in [-0.39, 0.29) is 24.0 Å². The van der Waals surface area contributed by atoms with Crippen molar-refractivity contribution in [3.8, 4) is 0 Å². The van der Waals surface area contributed by atoms with E-state index in [2.05, 4.69) is 89.5 Å². The van der Waals surface area contributed by atoms with Crippen LogP contribution in [0.25, 0.3) is 0 Å². The van der Waals surface area contributed by atoms with Gasteiger partial charge in [-0.2, -0.15) is 0 Å². The average molecular weight is 531 g/mol. The van der Waals surface area contributed by atoms with Crippen molar-refractivity contribution in [2.24, 2.45) is 4.99 Å². The van der Waals surface area contributed by atoms with Gasteiger partial charge in [-0.15, -0.1) is 24.0 Å². The van der Waals surface area contributed by atoms with E-state index >= 15 is 0 Å². The van der Waals surface area contributed by atoms with E-state index in [4.69, 9.17) is 4.99 Å². The van der Waals surface area contributed by atoms with Gasteiger partial charge in [0.2, 0.25) is 0 Å². The Kier molecular flexibility index (Phi) is 10.6. The largest absolute Gasteiger partial charge is 0.357 e. The first kappa shape index (κ1) is 24.9. The molecular weight excluding hydrogens is 497 g/mol. The predicted molar refractivity (Wildman–Crippen MR) is 140 cm³/mol. The molecule has 1 unspecified atom stereocenters. The van der Waals surface area contributed by atoms with E-state index in [9.17, 15) is 0 Å². The van der Waals surface area contributed by atoms with E-state index in [0.717, 1.165) is 44.4 Å². The molecule has 0 bridgehead atoms. The molecule has 1 heterocycles. The Morgan fingerprint density at radius 3 is 2.65 bits per heavy atom. The minimum absolute atomic E-state index is 0. The minimum atomic E-state index is 0. The van der Waals surface area contributed by atoms with Crippen molar-refractivity contribution in [2.45, 2.75) is 39.7 Å². The van der Waals surface area contributed by atoms with Crippen molar-refractivity contribution in [1.82, 2.24) is 20.2 Å². The Balaban J connectivity index is 0.00000341. The molecule has 1 aromatic heterocycles. The normalized spacial score (nSPS) is 12.2. The molecule has 0 amide bonds. The van der Waals surface area contributed by atoms with Gasteiger partial charge in [-0.3, -0.25) is 4.99 Å². The summed E-state index contributed by atoms with van der Waals surface area (Å²) in [6, 6.07) is 19.2. The lowest BCUT2D eigenvalue weighted by Gasteiger charge is -2.14. The summed E-state index contributed by atoms with van der Waals surface area (Å²) in [6.45, 7) is 9.67. The lowest BCUT2D eigenvalue weighted by atomic mass is 10.00.